The Bertz CT molecular complexity index is 1170. The first-order valence-electron chi connectivity index (χ1n) is 11.4. The minimum Gasteiger partial charge on any atom is -0.508 e. The summed E-state index contributed by atoms with van der Waals surface area (Å²) in [6.45, 7) is 5.44. The molecular formula is C28H28FNO4. The Labute approximate surface area is 198 Å². The predicted octanol–water partition coefficient (Wildman–Crippen LogP) is 5.01. The molecule has 5 nitrogen and oxygen atoms in total. The highest BCUT2D eigenvalue weighted by Gasteiger charge is 2.49. The molecule has 176 valence electrons. The lowest BCUT2D eigenvalue weighted by atomic mass is 9.63. The van der Waals surface area contributed by atoms with E-state index in [-0.39, 0.29) is 35.1 Å². The summed E-state index contributed by atoms with van der Waals surface area (Å²) in [4.78, 5) is 27.6. The second-order valence-corrected chi connectivity index (χ2v) is 9.10. The molecule has 3 aromatic rings. The molecule has 1 aliphatic heterocycles. The molecule has 1 heterocycles. The molecular weight excluding hydrogens is 433 g/mol. The largest absolute Gasteiger partial charge is 0.508 e. The highest BCUT2D eigenvalue weighted by Crippen LogP contribution is 2.44. The van der Waals surface area contributed by atoms with Crippen molar-refractivity contribution >= 4 is 11.6 Å². The normalized spacial score (nSPS) is 24.5. The molecule has 1 saturated heterocycles. The molecule has 0 bridgehead atoms. The van der Waals surface area contributed by atoms with Crippen LogP contribution in [-0.4, -0.2) is 33.9 Å². The first-order valence-corrected chi connectivity index (χ1v) is 11.4. The number of phenolic OH excluding ortho intramolecular Hbond substituents is 2. The summed E-state index contributed by atoms with van der Waals surface area (Å²) in [7, 11) is 0. The fraction of sp³-hybridized carbons (Fsp3) is 0.286. The number of nitrogens with one attached hydrogen (secondary N) is 1. The fourth-order valence-corrected chi connectivity index (χ4v) is 5.32. The van der Waals surface area contributed by atoms with Crippen LogP contribution in [0.15, 0.2) is 66.7 Å². The minimum atomic E-state index is -0.690. The monoisotopic (exact) mass is 461 g/mol. The predicted molar refractivity (Wildman–Crippen MR) is 128 cm³/mol. The van der Waals surface area contributed by atoms with E-state index >= 15 is 0 Å². The Kier molecular flexibility index (Phi) is 6.53. The van der Waals surface area contributed by atoms with Crippen molar-refractivity contribution in [2.45, 2.75) is 38.8 Å². The Morgan fingerprint density at radius 2 is 1.26 bits per heavy atom. The molecule has 0 unspecified atom stereocenters. The minimum absolute atomic E-state index is 0.0264. The molecule has 6 heteroatoms. The first kappa shape index (κ1) is 23.6. The number of benzene rings is 3. The summed E-state index contributed by atoms with van der Waals surface area (Å²) in [6.07, 6.45) is 0. The van der Waals surface area contributed by atoms with Crippen LogP contribution in [0, 0.1) is 24.6 Å². The van der Waals surface area contributed by atoms with Crippen LogP contribution in [-0.2, 0) is 0 Å². The van der Waals surface area contributed by atoms with E-state index < -0.39 is 23.6 Å². The molecule has 0 spiro atoms. The second kappa shape index (κ2) is 9.39. The highest BCUT2D eigenvalue weighted by atomic mass is 19.1. The van der Waals surface area contributed by atoms with Crippen LogP contribution in [0.5, 0.6) is 11.5 Å². The topological polar surface area (TPSA) is 86.6 Å². The Hall–Kier alpha value is -3.51. The Morgan fingerprint density at radius 1 is 0.794 bits per heavy atom. The van der Waals surface area contributed by atoms with Gasteiger partial charge in [0.2, 0.25) is 0 Å². The van der Waals surface area contributed by atoms with E-state index in [1.165, 1.54) is 30.3 Å². The van der Waals surface area contributed by atoms with Gasteiger partial charge in [0.15, 0.2) is 11.6 Å². The zero-order valence-corrected chi connectivity index (χ0v) is 19.3. The van der Waals surface area contributed by atoms with E-state index in [4.69, 9.17) is 0 Å². The Balaban J connectivity index is 1.89. The van der Waals surface area contributed by atoms with Crippen LogP contribution < -0.4 is 5.32 Å². The number of halogens is 1. The lowest BCUT2D eigenvalue weighted by molar-refractivity contribution is 0.0647. The first-order chi connectivity index (χ1) is 16.2. The summed E-state index contributed by atoms with van der Waals surface area (Å²) in [6, 6.07) is 16.4. The van der Waals surface area contributed by atoms with E-state index in [1.54, 1.807) is 43.3 Å². The van der Waals surface area contributed by atoms with Gasteiger partial charge in [0.1, 0.15) is 17.3 Å². The number of carbonyl (C=O) groups is 2. The van der Waals surface area contributed by atoms with Crippen molar-refractivity contribution < 1.29 is 24.2 Å². The van der Waals surface area contributed by atoms with E-state index in [9.17, 15) is 24.2 Å². The molecule has 1 aliphatic rings. The Morgan fingerprint density at radius 3 is 1.74 bits per heavy atom. The number of ketones is 2. The number of rotatable bonds is 5. The molecule has 1 fully saturated rings. The van der Waals surface area contributed by atoms with E-state index in [1.807, 2.05) is 13.8 Å². The second-order valence-electron chi connectivity index (χ2n) is 9.10. The van der Waals surface area contributed by atoms with Crippen molar-refractivity contribution in [3.05, 3.63) is 94.8 Å². The van der Waals surface area contributed by atoms with Crippen molar-refractivity contribution in [1.29, 1.82) is 0 Å². The summed E-state index contributed by atoms with van der Waals surface area (Å²) in [5.74, 6) is -2.91. The van der Waals surface area contributed by atoms with Gasteiger partial charge in [0, 0.05) is 41.0 Å². The van der Waals surface area contributed by atoms with Gasteiger partial charge in [0.05, 0.1) is 0 Å². The smallest absolute Gasteiger partial charge is 0.168 e. The SMILES string of the molecule is Cc1c(F)cccc1[C@H]1[C@@H](C(=O)c2cccc(O)c2)[C@H](C)N[C@H](C)[C@H]1C(=O)c1cccc(O)c1. The number of Topliss-reactive ketones (excluding diaryl/α,β-unsaturated/α-hetero) is 2. The van der Waals surface area contributed by atoms with Crippen LogP contribution in [0.2, 0.25) is 0 Å². The zero-order chi connectivity index (χ0) is 24.6. The van der Waals surface area contributed by atoms with Gasteiger partial charge in [-0.2, -0.15) is 0 Å². The lowest BCUT2D eigenvalue weighted by Crippen LogP contribution is -2.58. The average molecular weight is 462 g/mol. The third kappa shape index (κ3) is 4.33. The standard InChI is InChI=1S/C28H28FNO4/c1-15-22(11-6-12-23(15)29)26-24(27(33)18-7-4-9-20(31)13-18)16(2)30-17(3)25(26)28(34)19-8-5-10-21(32)14-19/h4-14,16-17,24-26,30-32H,1-3H3/t16-,17+,24-,25+,26-. The molecule has 0 saturated carbocycles. The summed E-state index contributed by atoms with van der Waals surface area (Å²) < 4.78 is 14.7. The van der Waals surface area contributed by atoms with Gasteiger partial charge in [0.25, 0.3) is 0 Å². The number of phenols is 2. The third-order valence-electron chi connectivity index (χ3n) is 6.91. The van der Waals surface area contributed by atoms with Crippen molar-refractivity contribution in [3.8, 4) is 11.5 Å². The lowest BCUT2D eigenvalue weighted by Gasteiger charge is -2.46. The van der Waals surface area contributed by atoms with Crippen molar-refractivity contribution in [3.63, 3.8) is 0 Å². The van der Waals surface area contributed by atoms with Crippen LogP contribution in [0.3, 0.4) is 0 Å². The summed E-state index contributed by atoms with van der Waals surface area (Å²) in [5.41, 5.74) is 1.67. The maximum absolute atomic E-state index is 14.7. The van der Waals surface area contributed by atoms with E-state index in [0.717, 1.165) is 0 Å². The molecule has 3 N–H and O–H groups in total. The number of carbonyl (C=O) groups excluding carboxylic acids is 2. The molecule has 0 radical (unpaired) electrons. The number of hydrogen-bond acceptors (Lipinski definition) is 5. The highest BCUT2D eigenvalue weighted by molar-refractivity contribution is 6.03. The number of hydrogen-bond donors (Lipinski definition) is 3. The van der Waals surface area contributed by atoms with Gasteiger partial charge in [-0.1, -0.05) is 36.4 Å². The van der Waals surface area contributed by atoms with E-state index in [0.29, 0.717) is 22.3 Å². The van der Waals surface area contributed by atoms with Gasteiger partial charge in [-0.15, -0.1) is 0 Å². The number of piperidine rings is 1. The summed E-state index contributed by atoms with van der Waals surface area (Å²) >= 11 is 0. The van der Waals surface area contributed by atoms with E-state index in [2.05, 4.69) is 5.32 Å². The van der Waals surface area contributed by atoms with Crippen LogP contribution in [0.4, 0.5) is 4.39 Å². The average Bonchev–Trinajstić information content (AvgIpc) is 2.80. The molecule has 0 amide bonds. The van der Waals surface area contributed by atoms with Crippen LogP contribution in [0.25, 0.3) is 0 Å². The number of aromatic hydroxyl groups is 2. The van der Waals surface area contributed by atoms with Gasteiger partial charge < -0.3 is 15.5 Å². The van der Waals surface area contributed by atoms with Crippen molar-refractivity contribution in [1.82, 2.24) is 5.32 Å². The quantitative estimate of drug-likeness (QED) is 0.465. The van der Waals surface area contributed by atoms with Crippen molar-refractivity contribution in [2.75, 3.05) is 0 Å². The molecule has 5 atom stereocenters. The van der Waals surface area contributed by atoms with Crippen molar-refractivity contribution in [2.24, 2.45) is 11.8 Å². The van der Waals surface area contributed by atoms with Gasteiger partial charge in [-0.05, 0) is 62.2 Å². The molecule has 0 aliphatic carbocycles. The molecule has 34 heavy (non-hydrogen) atoms. The molecule has 3 aromatic carbocycles. The third-order valence-corrected chi connectivity index (χ3v) is 6.91. The molecule has 0 aromatic heterocycles. The summed E-state index contributed by atoms with van der Waals surface area (Å²) in [5, 5.41) is 23.3. The fourth-order valence-electron chi connectivity index (χ4n) is 5.32. The van der Waals surface area contributed by atoms with Gasteiger partial charge >= 0.3 is 0 Å². The van der Waals surface area contributed by atoms with Gasteiger partial charge in [-0.25, -0.2) is 4.39 Å². The van der Waals surface area contributed by atoms with Crippen LogP contribution >= 0.6 is 0 Å². The maximum Gasteiger partial charge on any atom is 0.168 e. The van der Waals surface area contributed by atoms with Crippen LogP contribution in [0.1, 0.15) is 51.6 Å². The van der Waals surface area contributed by atoms with Gasteiger partial charge in [-0.3, -0.25) is 9.59 Å². The maximum atomic E-state index is 14.7. The zero-order valence-electron chi connectivity index (χ0n) is 19.3. The molecule has 4 rings (SSSR count).